The van der Waals surface area contributed by atoms with Crippen LogP contribution in [0.2, 0.25) is 0 Å². The number of rotatable bonds is 11. The van der Waals surface area contributed by atoms with Crippen molar-refractivity contribution in [1.29, 1.82) is 0 Å². The molecule has 1 N–H and O–H groups in total. The Balaban J connectivity index is 0. The molecule has 0 aliphatic rings. The first-order chi connectivity index (χ1) is 10.7. The second kappa shape index (κ2) is 13.6. The van der Waals surface area contributed by atoms with Gasteiger partial charge >= 0.3 is 5.97 Å². The van der Waals surface area contributed by atoms with Gasteiger partial charge < -0.3 is 26.8 Å². The van der Waals surface area contributed by atoms with Gasteiger partial charge in [0.2, 0.25) is 0 Å². The Labute approximate surface area is 158 Å². The first kappa shape index (κ1) is 25.6. The number of hydrogen-bond donors (Lipinski definition) is 1. The Hall–Kier alpha value is -0.650. The minimum absolute atomic E-state index is 0. The van der Waals surface area contributed by atoms with E-state index in [0.29, 0.717) is 13.0 Å². The molecule has 0 aliphatic carbocycles. The van der Waals surface area contributed by atoms with Crippen molar-refractivity contribution in [2.45, 2.75) is 66.0 Å². The molecule has 1 unspecified atom stereocenters. The zero-order valence-electron chi connectivity index (χ0n) is 16.3. The van der Waals surface area contributed by atoms with Crippen LogP contribution in [0.5, 0.6) is 0 Å². The summed E-state index contributed by atoms with van der Waals surface area (Å²) in [7, 11) is 3.68. The van der Waals surface area contributed by atoms with Crippen molar-refractivity contribution in [3.8, 4) is 0 Å². The molecule has 0 aromatic rings. The molecular formula is C19H36BrNO3. The molecule has 142 valence electrons. The predicted molar refractivity (Wildman–Crippen MR) is 95.9 cm³/mol. The van der Waals surface area contributed by atoms with Crippen LogP contribution in [-0.2, 0) is 9.53 Å². The molecule has 0 fully saturated rings. The fourth-order valence-corrected chi connectivity index (χ4v) is 2.29. The van der Waals surface area contributed by atoms with Gasteiger partial charge in [-0.25, -0.2) is 4.79 Å². The van der Waals surface area contributed by atoms with E-state index in [0.717, 1.165) is 25.7 Å². The summed E-state index contributed by atoms with van der Waals surface area (Å²) in [5.41, 5.74) is 2.75. The number of aliphatic hydroxyl groups is 1. The van der Waals surface area contributed by atoms with Gasteiger partial charge in [0.05, 0.1) is 20.7 Å². The number of hydrogen-bond acceptors (Lipinski definition) is 3. The van der Waals surface area contributed by atoms with E-state index in [9.17, 15) is 9.90 Å². The van der Waals surface area contributed by atoms with E-state index < -0.39 is 6.23 Å². The standard InChI is InChI=1S/C19H36NO3.BrH/c1-7-18(21)20(5,6)15-19(22)23-14-9-8-12-17(4)13-10-11-16(2)3;/h11-12,18,21H,7-10,13-15H2,1-6H3;1H/q+1;/p-1/b17-12+;. The van der Waals surface area contributed by atoms with Crippen LogP contribution >= 0.6 is 0 Å². The highest BCUT2D eigenvalue weighted by Crippen LogP contribution is 2.10. The topological polar surface area (TPSA) is 46.5 Å². The van der Waals surface area contributed by atoms with E-state index >= 15 is 0 Å². The van der Waals surface area contributed by atoms with Crippen molar-refractivity contribution in [3.63, 3.8) is 0 Å². The van der Waals surface area contributed by atoms with Crippen LogP contribution in [0, 0.1) is 0 Å². The number of carbonyl (C=O) groups excluding carboxylic acids is 1. The number of aliphatic hydroxyl groups excluding tert-OH is 1. The van der Waals surface area contributed by atoms with Gasteiger partial charge in [-0.3, -0.25) is 4.48 Å². The van der Waals surface area contributed by atoms with Crippen LogP contribution in [0.3, 0.4) is 0 Å². The maximum Gasteiger partial charge on any atom is 0.361 e. The third-order valence-corrected chi connectivity index (χ3v) is 3.90. The van der Waals surface area contributed by atoms with Crippen LogP contribution in [0.4, 0.5) is 0 Å². The van der Waals surface area contributed by atoms with Gasteiger partial charge in [0.25, 0.3) is 0 Å². The Morgan fingerprint density at radius 2 is 1.79 bits per heavy atom. The average molecular weight is 406 g/mol. The lowest BCUT2D eigenvalue weighted by Crippen LogP contribution is -3.00. The molecule has 24 heavy (non-hydrogen) atoms. The smallest absolute Gasteiger partial charge is 0.361 e. The lowest BCUT2D eigenvalue weighted by atomic mass is 10.1. The minimum atomic E-state index is -0.533. The number of likely N-dealkylation sites (N-methyl/N-ethyl adjacent to an activating group) is 1. The second-order valence-corrected chi connectivity index (χ2v) is 7.06. The number of quaternary nitrogens is 1. The maximum absolute atomic E-state index is 11.8. The molecule has 0 saturated heterocycles. The molecule has 0 bridgehead atoms. The highest BCUT2D eigenvalue weighted by Gasteiger charge is 2.28. The summed E-state index contributed by atoms with van der Waals surface area (Å²) in [6.45, 7) is 8.93. The molecule has 1 atom stereocenters. The van der Waals surface area contributed by atoms with Gasteiger partial charge in [0, 0.05) is 6.42 Å². The number of esters is 1. The lowest BCUT2D eigenvalue weighted by molar-refractivity contribution is -0.930. The summed E-state index contributed by atoms with van der Waals surface area (Å²) in [5.74, 6) is -0.244. The fourth-order valence-electron chi connectivity index (χ4n) is 2.29. The SMILES string of the molecule is CCC(O)[N+](C)(C)CC(=O)OCCC/C=C(\C)CCC=C(C)C.[Br-]. The highest BCUT2D eigenvalue weighted by molar-refractivity contribution is 5.70. The molecule has 0 spiro atoms. The van der Waals surface area contributed by atoms with Crippen molar-refractivity contribution in [2.24, 2.45) is 0 Å². The van der Waals surface area contributed by atoms with Crippen molar-refractivity contribution in [1.82, 2.24) is 0 Å². The summed E-state index contributed by atoms with van der Waals surface area (Å²) < 4.78 is 5.51. The third-order valence-electron chi connectivity index (χ3n) is 3.90. The van der Waals surface area contributed by atoms with Crippen molar-refractivity contribution in [3.05, 3.63) is 23.3 Å². The molecule has 0 saturated carbocycles. The quantitative estimate of drug-likeness (QED) is 0.182. The Bertz CT molecular complexity index is 413. The fraction of sp³-hybridized carbons (Fsp3) is 0.737. The normalized spacial score (nSPS) is 13.0. The Kier molecular flexibility index (Phi) is 14.5. The highest BCUT2D eigenvalue weighted by atomic mass is 79.9. The first-order valence-electron chi connectivity index (χ1n) is 8.64. The van der Waals surface area contributed by atoms with E-state index in [1.165, 1.54) is 11.1 Å². The van der Waals surface area contributed by atoms with Crippen LogP contribution in [-0.4, -0.2) is 49.0 Å². The molecule has 0 aromatic carbocycles. The van der Waals surface area contributed by atoms with E-state index in [1.54, 1.807) is 0 Å². The molecule has 4 nitrogen and oxygen atoms in total. The average Bonchev–Trinajstić information content (AvgIpc) is 2.44. The molecule has 0 rings (SSSR count). The van der Waals surface area contributed by atoms with Crippen molar-refractivity contribution < 1.29 is 36.1 Å². The van der Waals surface area contributed by atoms with Gasteiger partial charge in [0.1, 0.15) is 0 Å². The molecule has 0 amide bonds. The first-order valence-corrected chi connectivity index (χ1v) is 8.64. The summed E-state index contributed by atoms with van der Waals surface area (Å²) in [6.07, 6.45) is 8.53. The molecule has 0 radical (unpaired) electrons. The molecule has 0 heterocycles. The summed E-state index contributed by atoms with van der Waals surface area (Å²) in [4.78, 5) is 11.8. The summed E-state index contributed by atoms with van der Waals surface area (Å²) in [6, 6.07) is 0. The van der Waals surface area contributed by atoms with Gasteiger partial charge in [-0.15, -0.1) is 0 Å². The van der Waals surface area contributed by atoms with Crippen LogP contribution in [0.1, 0.15) is 59.8 Å². The number of carbonyl (C=O) groups is 1. The second-order valence-electron chi connectivity index (χ2n) is 7.06. The number of allylic oxidation sites excluding steroid dienone is 4. The zero-order valence-corrected chi connectivity index (χ0v) is 17.9. The Morgan fingerprint density at radius 1 is 1.17 bits per heavy atom. The predicted octanol–water partition coefficient (Wildman–Crippen LogP) is 0.811. The number of halogens is 1. The van der Waals surface area contributed by atoms with Gasteiger partial charge in [-0.05, 0) is 46.5 Å². The van der Waals surface area contributed by atoms with E-state index in [4.69, 9.17) is 4.74 Å². The van der Waals surface area contributed by atoms with Crippen LogP contribution in [0.25, 0.3) is 0 Å². The molecular weight excluding hydrogens is 370 g/mol. The molecule has 5 heteroatoms. The lowest BCUT2D eigenvalue weighted by Gasteiger charge is -2.32. The van der Waals surface area contributed by atoms with Crippen molar-refractivity contribution >= 4 is 5.97 Å². The zero-order chi connectivity index (χ0) is 17.9. The van der Waals surface area contributed by atoms with Gasteiger partial charge in [-0.1, -0.05) is 30.2 Å². The Morgan fingerprint density at radius 3 is 2.33 bits per heavy atom. The van der Waals surface area contributed by atoms with Crippen molar-refractivity contribution in [2.75, 3.05) is 27.2 Å². The van der Waals surface area contributed by atoms with E-state index in [2.05, 4.69) is 32.9 Å². The number of unbranched alkanes of at least 4 members (excludes halogenated alkanes) is 1. The monoisotopic (exact) mass is 405 g/mol. The largest absolute Gasteiger partial charge is 1.00 e. The number of ether oxygens (including phenoxy) is 1. The molecule has 0 aromatic heterocycles. The maximum atomic E-state index is 11.8. The number of nitrogens with zero attached hydrogens (tertiary/aromatic N) is 1. The van der Waals surface area contributed by atoms with Crippen LogP contribution in [0.15, 0.2) is 23.3 Å². The van der Waals surface area contributed by atoms with E-state index in [1.807, 2.05) is 21.0 Å². The minimum Gasteiger partial charge on any atom is -1.00 e. The van der Waals surface area contributed by atoms with Gasteiger partial charge in [-0.2, -0.15) is 0 Å². The summed E-state index contributed by atoms with van der Waals surface area (Å²) >= 11 is 0. The van der Waals surface area contributed by atoms with Gasteiger partial charge in [0.15, 0.2) is 12.8 Å². The third kappa shape index (κ3) is 12.7. The van der Waals surface area contributed by atoms with E-state index in [-0.39, 0.29) is 34.0 Å². The van der Waals surface area contributed by atoms with Crippen LogP contribution < -0.4 is 17.0 Å². The molecule has 0 aliphatic heterocycles. The summed E-state index contributed by atoms with van der Waals surface area (Å²) in [5, 5.41) is 9.86.